The molecule has 108 valence electrons. The third kappa shape index (κ3) is 4.02. The number of nitrogens with zero attached hydrogens (tertiary/aromatic N) is 2. The number of aryl methyl sites for hydroxylation is 2. The molecule has 0 saturated heterocycles. The van der Waals surface area contributed by atoms with E-state index in [9.17, 15) is 0 Å². The molecule has 0 fully saturated rings. The fourth-order valence-corrected chi connectivity index (χ4v) is 2.67. The largest absolute Gasteiger partial charge is 0.477 e. The van der Waals surface area contributed by atoms with Crippen LogP contribution >= 0.6 is 11.3 Å². The highest BCUT2D eigenvalue weighted by molar-refractivity contribution is 7.09. The summed E-state index contributed by atoms with van der Waals surface area (Å²) in [6.07, 6.45) is 0.885. The number of rotatable bonds is 7. The van der Waals surface area contributed by atoms with Crippen LogP contribution in [-0.2, 0) is 13.0 Å². The van der Waals surface area contributed by atoms with E-state index in [2.05, 4.69) is 28.3 Å². The monoisotopic (exact) mass is 291 g/mol. The first-order valence-corrected chi connectivity index (χ1v) is 7.77. The molecule has 0 aliphatic carbocycles. The molecule has 2 aromatic heterocycles. The van der Waals surface area contributed by atoms with Gasteiger partial charge in [0.1, 0.15) is 0 Å². The van der Waals surface area contributed by atoms with Gasteiger partial charge >= 0.3 is 0 Å². The van der Waals surface area contributed by atoms with E-state index >= 15 is 0 Å². The van der Waals surface area contributed by atoms with Crippen LogP contribution in [0.15, 0.2) is 17.6 Å². The SMILES string of the molecule is CCNCc1ccc(OCCc2scnc2C)nc1C. The Balaban J connectivity index is 1.87. The summed E-state index contributed by atoms with van der Waals surface area (Å²) in [5, 5.41) is 3.31. The normalized spacial score (nSPS) is 10.8. The van der Waals surface area contributed by atoms with Crippen LogP contribution in [-0.4, -0.2) is 23.1 Å². The topological polar surface area (TPSA) is 47.0 Å². The third-order valence-corrected chi connectivity index (χ3v) is 4.15. The molecule has 0 aliphatic rings. The number of hydrogen-bond acceptors (Lipinski definition) is 5. The van der Waals surface area contributed by atoms with E-state index in [-0.39, 0.29) is 0 Å². The maximum absolute atomic E-state index is 5.72. The Morgan fingerprint density at radius 3 is 2.75 bits per heavy atom. The van der Waals surface area contributed by atoms with E-state index in [1.165, 1.54) is 10.4 Å². The lowest BCUT2D eigenvalue weighted by atomic mass is 10.2. The Morgan fingerprint density at radius 1 is 1.25 bits per heavy atom. The second-order valence-electron chi connectivity index (χ2n) is 4.63. The Hall–Kier alpha value is -1.46. The second-order valence-corrected chi connectivity index (χ2v) is 5.57. The molecular weight excluding hydrogens is 270 g/mol. The lowest BCUT2D eigenvalue weighted by Gasteiger charge is -2.09. The molecule has 2 aromatic rings. The number of hydrogen-bond donors (Lipinski definition) is 1. The molecule has 0 amide bonds. The van der Waals surface area contributed by atoms with Crippen molar-refractivity contribution in [1.29, 1.82) is 0 Å². The fraction of sp³-hybridized carbons (Fsp3) is 0.467. The second kappa shape index (κ2) is 7.36. The minimum absolute atomic E-state index is 0.641. The van der Waals surface area contributed by atoms with Gasteiger partial charge in [0.05, 0.1) is 17.8 Å². The van der Waals surface area contributed by atoms with Crippen molar-refractivity contribution < 1.29 is 4.74 Å². The predicted molar refractivity (Wildman–Crippen MR) is 82.4 cm³/mol. The molecule has 2 rings (SSSR count). The van der Waals surface area contributed by atoms with Gasteiger partial charge in [-0.05, 0) is 26.0 Å². The smallest absolute Gasteiger partial charge is 0.213 e. The minimum Gasteiger partial charge on any atom is -0.477 e. The average molecular weight is 291 g/mol. The summed E-state index contributed by atoms with van der Waals surface area (Å²) < 4.78 is 5.72. The summed E-state index contributed by atoms with van der Waals surface area (Å²) >= 11 is 1.68. The van der Waals surface area contributed by atoms with Gasteiger partial charge in [-0.25, -0.2) is 9.97 Å². The average Bonchev–Trinajstić information content (AvgIpc) is 2.84. The predicted octanol–water partition coefficient (Wildman–Crippen LogP) is 2.89. The number of ether oxygens (including phenoxy) is 1. The number of nitrogens with one attached hydrogen (secondary N) is 1. The number of aromatic nitrogens is 2. The van der Waals surface area contributed by atoms with Crippen molar-refractivity contribution in [2.75, 3.05) is 13.2 Å². The Bertz CT molecular complexity index is 554. The summed E-state index contributed by atoms with van der Waals surface area (Å²) in [6.45, 7) is 8.61. The molecule has 0 aromatic carbocycles. The molecule has 0 spiro atoms. The van der Waals surface area contributed by atoms with Gasteiger partial charge in [-0.15, -0.1) is 11.3 Å². The van der Waals surface area contributed by atoms with Gasteiger partial charge in [0.15, 0.2) is 0 Å². The van der Waals surface area contributed by atoms with E-state index in [4.69, 9.17) is 4.74 Å². The Labute approximate surface area is 124 Å². The van der Waals surface area contributed by atoms with Crippen molar-refractivity contribution in [3.05, 3.63) is 39.5 Å². The van der Waals surface area contributed by atoms with Crippen molar-refractivity contribution in [3.8, 4) is 5.88 Å². The lowest BCUT2D eigenvalue weighted by Crippen LogP contribution is -2.13. The lowest BCUT2D eigenvalue weighted by molar-refractivity contribution is 0.309. The Kier molecular flexibility index (Phi) is 5.49. The van der Waals surface area contributed by atoms with E-state index in [0.29, 0.717) is 12.5 Å². The first-order valence-electron chi connectivity index (χ1n) is 6.89. The molecule has 4 nitrogen and oxygen atoms in total. The summed E-state index contributed by atoms with van der Waals surface area (Å²) in [4.78, 5) is 10.0. The molecule has 0 bridgehead atoms. The highest BCUT2D eigenvalue weighted by Crippen LogP contribution is 2.15. The first-order chi connectivity index (χ1) is 9.70. The summed E-state index contributed by atoms with van der Waals surface area (Å²) in [5.41, 5.74) is 5.22. The van der Waals surface area contributed by atoms with Crippen LogP contribution in [0.4, 0.5) is 0 Å². The third-order valence-electron chi connectivity index (χ3n) is 3.16. The fourth-order valence-electron chi connectivity index (χ4n) is 1.91. The van der Waals surface area contributed by atoms with Crippen molar-refractivity contribution in [2.45, 2.75) is 33.7 Å². The van der Waals surface area contributed by atoms with Crippen LogP contribution in [0.2, 0.25) is 0 Å². The van der Waals surface area contributed by atoms with E-state index < -0.39 is 0 Å². The van der Waals surface area contributed by atoms with Crippen LogP contribution in [0.25, 0.3) is 0 Å². The molecule has 2 heterocycles. The van der Waals surface area contributed by atoms with Crippen LogP contribution < -0.4 is 10.1 Å². The van der Waals surface area contributed by atoms with Gasteiger partial charge in [-0.3, -0.25) is 0 Å². The molecule has 0 atom stereocenters. The number of thiazole rings is 1. The van der Waals surface area contributed by atoms with Crippen molar-refractivity contribution >= 4 is 11.3 Å². The van der Waals surface area contributed by atoms with Gasteiger partial charge in [-0.2, -0.15) is 0 Å². The van der Waals surface area contributed by atoms with Crippen LogP contribution in [0.3, 0.4) is 0 Å². The number of pyridine rings is 1. The van der Waals surface area contributed by atoms with Crippen LogP contribution in [0.1, 0.15) is 28.8 Å². The summed E-state index contributed by atoms with van der Waals surface area (Å²) in [6, 6.07) is 4.03. The van der Waals surface area contributed by atoms with Gasteiger partial charge in [0.2, 0.25) is 5.88 Å². The Morgan fingerprint density at radius 2 is 2.10 bits per heavy atom. The molecule has 20 heavy (non-hydrogen) atoms. The molecule has 0 radical (unpaired) electrons. The standard InChI is InChI=1S/C15H21N3OS/c1-4-16-9-13-5-6-15(18-11(13)2)19-8-7-14-12(3)17-10-20-14/h5-6,10,16H,4,7-9H2,1-3H3. The molecule has 0 saturated carbocycles. The van der Waals surface area contributed by atoms with Crippen molar-refractivity contribution in [2.24, 2.45) is 0 Å². The van der Waals surface area contributed by atoms with E-state index in [1.807, 2.05) is 25.4 Å². The van der Waals surface area contributed by atoms with Gasteiger partial charge in [0, 0.05) is 29.6 Å². The van der Waals surface area contributed by atoms with Crippen molar-refractivity contribution in [1.82, 2.24) is 15.3 Å². The van der Waals surface area contributed by atoms with E-state index in [0.717, 1.165) is 30.9 Å². The molecule has 0 unspecified atom stereocenters. The molecule has 1 N–H and O–H groups in total. The first kappa shape index (κ1) is 14.9. The minimum atomic E-state index is 0.641. The van der Waals surface area contributed by atoms with Gasteiger partial charge in [-0.1, -0.05) is 13.0 Å². The van der Waals surface area contributed by atoms with Gasteiger partial charge in [0.25, 0.3) is 0 Å². The summed E-state index contributed by atoms with van der Waals surface area (Å²) in [7, 11) is 0. The van der Waals surface area contributed by atoms with Gasteiger partial charge < -0.3 is 10.1 Å². The van der Waals surface area contributed by atoms with Crippen LogP contribution in [0, 0.1) is 13.8 Å². The molecular formula is C15H21N3OS. The van der Waals surface area contributed by atoms with E-state index in [1.54, 1.807) is 11.3 Å². The maximum Gasteiger partial charge on any atom is 0.213 e. The summed E-state index contributed by atoms with van der Waals surface area (Å²) in [5.74, 6) is 0.699. The highest BCUT2D eigenvalue weighted by Gasteiger charge is 2.04. The zero-order valence-corrected chi connectivity index (χ0v) is 13.1. The zero-order valence-electron chi connectivity index (χ0n) is 12.3. The maximum atomic E-state index is 5.72. The van der Waals surface area contributed by atoms with Crippen LogP contribution in [0.5, 0.6) is 5.88 Å². The highest BCUT2D eigenvalue weighted by atomic mass is 32.1. The van der Waals surface area contributed by atoms with Crippen molar-refractivity contribution in [3.63, 3.8) is 0 Å². The zero-order chi connectivity index (χ0) is 14.4. The quantitative estimate of drug-likeness (QED) is 0.852. The molecule has 5 heteroatoms. The molecule has 0 aliphatic heterocycles.